The van der Waals surface area contributed by atoms with E-state index in [0.29, 0.717) is 12.5 Å². The van der Waals surface area contributed by atoms with Crippen LogP contribution in [0.5, 0.6) is 0 Å². The molecule has 0 radical (unpaired) electrons. The van der Waals surface area contributed by atoms with E-state index < -0.39 is 0 Å². The van der Waals surface area contributed by atoms with Crippen LogP contribution in [0.25, 0.3) is 0 Å². The van der Waals surface area contributed by atoms with Gasteiger partial charge in [-0.3, -0.25) is 4.79 Å². The van der Waals surface area contributed by atoms with E-state index in [1.807, 2.05) is 6.92 Å². The van der Waals surface area contributed by atoms with Gasteiger partial charge in [0.2, 0.25) is 5.91 Å². The summed E-state index contributed by atoms with van der Waals surface area (Å²) in [5.41, 5.74) is 0.955. The maximum Gasteiger partial charge on any atom is 0.239 e. The lowest BCUT2D eigenvalue weighted by molar-refractivity contribution is -0.125. The minimum absolute atomic E-state index is 0.222. The van der Waals surface area contributed by atoms with Gasteiger partial charge in [0.05, 0.1) is 0 Å². The predicted octanol–water partition coefficient (Wildman–Crippen LogP) is -0.428. The predicted molar refractivity (Wildman–Crippen MR) is 45.9 cm³/mol. The van der Waals surface area contributed by atoms with Crippen molar-refractivity contribution in [3.63, 3.8) is 0 Å². The van der Waals surface area contributed by atoms with Crippen LogP contribution in [0.3, 0.4) is 0 Å². The molecule has 0 unspecified atom stereocenters. The number of aliphatic imine (C=N–C) groups is 1. The van der Waals surface area contributed by atoms with Crippen molar-refractivity contribution in [1.29, 1.82) is 0 Å². The Kier molecular flexibility index (Phi) is 2.44. The van der Waals surface area contributed by atoms with Crippen molar-refractivity contribution in [2.75, 3.05) is 6.67 Å². The molecule has 0 aromatic rings. The van der Waals surface area contributed by atoms with E-state index in [1.54, 1.807) is 6.08 Å². The second-order valence-corrected chi connectivity index (χ2v) is 2.57. The molecule has 1 aliphatic rings. The molecule has 0 bridgehead atoms. The van der Waals surface area contributed by atoms with Gasteiger partial charge in [-0.2, -0.15) is 0 Å². The maximum absolute atomic E-state index is 10.8. The first-order valence-electron chi connectivity index (χ1n) is 3.63. The number of amidine groups is 1. The van der Waals surface area contributed by atoms with Crippen LogP contribution in [0.15, 0.2) is 16.8 Å². The number of carbonyl (C=O) groups is 1. The second kappa shape index (κ2) is 3.36. The van der Waals surface area contributed by atoms with Gasteiger partial charge in [0.1, 0.15) is 12.5 Å². The molecule has 66 valence electrons. The van der Waals surface area contributed by atoms with Gasteiger partial charge < -0.3 is 5.32 Å². The molecule has 1 amide bonds. The number of hydrogen-bond donors (Lipinski definition) is 2. The number of hydrazine groups is 1. The number of rotatable bonds is 0. The van der Waals surface area contributed by atoms with Gasteiger partial charge in [-0.15, -0.1) is 0 Å². The molecular formula is C7H12N4O. The van der Waals surface area contributed by atoms with E-state index in [9.17, 15) is 4.79 Å². The molecule has 1 rings (SSSR count). The SMILES string of the molecule is CC(=O)N(N)C1=NCNC(C)=C1. The number of nitrogens with one attached hydrogen (secondary N) is 1. The van der Waals surface area contributed by atoms with Crippen molar-refractivity contribution in [3.8, 4) is 0 Å². The van der Waals surface area contributed by atoms with Crippen LogP contribution in [0.1, 0.15) is 13.8 Å². The molecule has 0 aliphatic carbocycles. The number of nitrogens with two attached hydrogens (primary N) is 1. The summed E-state index contributed by atoms with van der Waals surface area (Å²) in [4.78, 5) is 14.8. The Balaban J connectivity index is 2.76. The van der Waals surface area contributed by atoms with Gasteiger partial charge in [0.15, 0.2) is 0 Å². The lowest BCUT2D eigenvalue weighted by Crippen LogP contribution is -2.42. The fourth-order valence-electron chi connectivity index (χ4n) is 0.843. The average Bonchev–Trinajstić information content (AvgIpc) is 2.03. The molecule has 0 spiro atoms. The van der Waals surface area contributed by atoms with E-state index in [-0.39, 0.29) is 5.91 Å². The number of allylic oxidation sites excluding steroid dienone is 1. The monoisotopic (exact) mass is 168 g/mol. The van der Waals surface area contributed by atoms with Crippen molar-refractivity contribution in [1.82, 2.24) is 10.3 Å². The Morgan fingerprint density at radius 1 is 1.83 bits per heavy atom. The van der Waals surface area contributed by atoms with Gasteiger partial charge >= 0.3 is 0 Å². The largest absolute Gasteiger partial charge is 0.370 e. The van der Waals surface area contributed by atoms with E-state index in [2.05, 4.69) is 10.3 Å². The fourth-order valence-corrected chi connectivity index (χ4v) is 0.843. The minimum Gasteiger partial charge on any atom is -0.370 e. The van der Waals surface area contributed by atoms with Gasteiger partial charge in [0, 0.05) is 18.7 Å². The van der Waals surface area contributed by atoms with Crippen molar-refractivity contribution in [2.45, 2.75) is 13.8 Å². The minimum atomic E-state index is -0.222. The lowest BCUT2D eigenvalue weighted by atomic mass is 10.3. The molecule has 0 saturated heterocycles. The van der Waals surface area contributed by atoms with E-state index in [0.717, 1.165) is 10.7 Å². The molecule has 0 aromatic carbocycles. The molecule has 5 heteroatoms. The zero-order valence-electron chi connectivity index (χ0n) is 7.16. The summed E-state index contributed by atoms with van der Waals surface area (Å²) >= 11 is 0. The fraction of sp³-hybridized carbons (Fsp3) is 0.429. The third kappa shape index (κ3) is 1.82. The zero-order chi connectivity index (χ0) is 9.14. The second-order valence-electron chi connectivity index (χ2n) is 2.57. The number of carbonyl (C=O) groups excluding carboxylic acids is 1. The summed E-state index contributed by atoms with van der Waals surface area (Å²) < 4.78 is 0. The molecular weight excluding hydrogens is 156 g/mol. The maximum atomic E-state index is 10.8. The van der Waals surface area contributed by atoms with Gasteiger partial charge in [-0.25, -0.2) is 15.8 Å². The molecule has 0 fully saturated rings. The van der Waals surface area contributed by atoms with Gasteiger partial charge in [-0.05, 0) is 6.92 Å². The highest BCUT2D eigenvalue weighted by Crippen LogP contribution is 1.98. The molecule has 0 saturated carbocycles. The first-order chi connectivity index (χ1) is 5.61. The topological polar surface area (TPSA) is 70.7 Å². The van der Waals surface area contributed by atoms with Crippen LogP contribution >= 0.6 is 0 Å². The molecule has 0 aromatic heterocycles. The van der Waals surface area contributed by atoms with Gasteiger partial charge in [-0.1, -0.05) is 0 Å². The molecule has 12 heavy (non-hydrogen) atoms. The number of nitrogens with zero attached hydrogens (tertiary/aromatic N) is 2. The molecule has 1 aliphatic heterocycles. The standard InChI is InChI=1S/C7H12N4O/c1-5-3-7(10-4-9-5)11(8)6(2)12/h3,9H,4,8H2,1-2H3. The van der Waals surface area contributed by atoms with Crippen molar-refractivity contribution in [2.24, 2.45) is 10.8 Å². The summed E-state index contributed by atoms with van der Waals surface area (Å²) in [5.74, 6) is 5.71. The quantitative estimate of drug-likeness (QED) is 0.293. The van der Waals surface area contributed by atoms with Crippen molar-refractivity contribution >= 4 is 11.7 Å². The summed E-state index contributed by atoms with van der Waals surface area (Å²) in [5, 5.41) is 4.02. The summed E-state index contributed by atoms with van der Waals surface area (Å²) in [6, 6.07) is 0. The summed E-state index contributed by atoms with van der Waals surface area (Å²) in [6.45, 7) is 3.76. The zero-order valence-corrected chi connectivity index (χ0v) is 7.16. The highest BCUT2D eigenvalue weighted by atomic mass is 16.2. The van der Waals surface area contributed by atoms with Crippen molar-refractivity contribution < 1.29 is 4.79 Å². The molecule has 5 nitrogen and oxygen atoms in total. The van der Waals surface area contributed by atoms with Crippen LogP contribution < -0.4 is 11.2 Å². The smallest absolute Gasteiger partial charge is 0.239 e. The highest BCUT2D eigenvalue weighted by molar-refractivity contribution is 6.03. The van der Waals surface area contributed by atoms with Crippen LogP contribution in [-0.2, 0) is 4.79 Å². The van der Waals surface area contributed by atoms with Gasteiger partial charge in [0.25, 0.3) is 0 Å². The Hall–Kier alpha value is -1.36. The summed E-state index contributed by atoms with van der Waals surface area (Å²) in [7, 11) is 0. The third-order valence-electron chi connectivity index (χ3n) is 1.53. The first kappa shape index (κ1) is 8.73. The molecule has 0 atom stereocenters. The van der Waals surface area contributed by atoms with E-state index >= 15 is 0 Å². The Morgan fingerprint density at radius 2 is 2.50 bits per heavy atom. The Labute approximate surface area is 70.9 Å². The number of hydrogen-bond acceptors (Lipinski definition) is 4. The average molecular weight is 168 g/mol. The third-order valence-corrected chi connectivity index (χ3v) is 1.53. The van der Waals surface area contributed by atoms with Crippen molar-refractivity contribution in [3.05, 3.63) is 11.8 Å². The Morgan fingerprint density at radius 3 is 3.00 bits per heavy atom. The Bertz CT molecular complexity index is 256. The summed E-state index contributed by atoms with van der Waals surface area (Å²) in [6.07, 6.45) is 1.73. The first-order valence-corrected chi connectivity index (χ1v) is 3.63. The molecule has 1 heterocycles. The molecule has 3 N–H and O–H groups in total. The van der Waals surface area contributed by atoms with Crippen LogP contribution in [0.4, 0.5) is 0 Å². The highest BCUT2D eigenvalue weighted by Gasteiger charge is 2.11. The van der Waals surface area contributed by atoms with Crippen LogP contribution in [0, 0.1) is 0 Å². The normalized spacial score (nSPS) is 15.9. The van der Waals surface area contributed by atoms with Crippen LogP contribution in [-0.4, -0.2) is 23.4 Å². The van der Waals surface area contributed by atoms with Crippen LogP contribution in [0.2, 0.25) is 0 Å². The lowest BCUT2D eigenvalue weighted by Gasteiger charge is -2.18. The number of amides is 1. The van der Waals surface area contributed by atoms with E-state index in [4.69, 9.17) is 5.84 Å². The van der Waals surface area contributed by atoms with E-state index in [1.165, 1.54) is 6.92 Å².